The lowest BCUT2D eigenvalue weighted by Gasteiger charge is -2.18. The monoisotopic (exact) mass is 807 g/mol. The number of ether oxygens (including phenoxy) is 3. The van der Waals surface area contributed by atoms with E-state index in [0.717, 1.165) is 69.6 Å². The molecule has 0 aromatic heterocycles. The molecule has 0 saturated carbocycles. The van der Waals surface area contributed by atoms with Gasteiger partial charge in [0.25, 0.3) is 0 Å². The van der Waals surface area contributed by atoms with Gasteiger partial charge in [-0.1, -0.05) is 240 Å². The molecule has 57 heavy (non-hydrogen) atoms. The number of unbranched alkanes of at least 4 members (excludes halogenated alkanes) is 29. The first-order valence-electron chi connectivity index (χ1n) is 25.3. The van der Waals surface area contributed by atoms with Gasteiger partial charge < -0.3 is 14.2 Å². The number of esters is 3. The van der Waals surface area contributed by atoms with Crippen LogP contribution in [-0.2, 0) is 28.6 Å². The van der Waals surface area contributed by atoms with E-state index in [2.05, 4.69) is 34.6 Å². The van der Waals surface area contributed by atoms with Crippen molar-refractivity contribution in [2.75, 3.05) is 13.2 Å². The second-order valence-electron chi connectivity index (χ2n) is 18.2. The van der Waals surface area contributed by atoms with Gasteiger partial charge in [-0.3, -0.25) is 14.4 Å². The number of carbonyl (C=O) groups is 3. The summed E-state index contributed by atoms with van der Waals surface area (Å²) in [6.07, 6.45) is 43.6. The molecule has 0 rings (SSSR count). The van der Waals surface area contributed by atoms with Crippen LogP contribution in [0.2, 0.25) is 0 Å². The highest BCUT2D eigenvalue weighted by Gasteiger charge is 2.19. The largest absolute Gasteiger partial charge is 0.462 e. The Morgan fingerprint density at radius 2 is 0.667 bits per heavy atom. The second-order valence-corrected chi connectivity index (χ2v) is 18.2. The van der Waals surface area contributed by atoms with Crippen molar-refractivity contribution in [1.82, 2.24) is 0 Å². The molecule has 0 bridgehead atoms. The summed E-state index contributed by atoms with van der Waals surface area (Å²) in [7, 11) is 0. The number of hydrogen-bond acceptors (Lipinski definition) is 6. The van der Waals surface area contributed by atoms with E-state index < -0.39 is 6.10 Å². The van der Waals surface area contributed by atoms with Gasteiger partial charge in [0.1, 0.15) is 13.2 Å². The van der Waals surface area contributed by atoms with Crippen LogP contribution >= 0.6 is 0 Å². The summed E-state index contributed by atoms with van der Waals surface area (Å²) in [5.74, 6) is 0.827. The second kappa shape index (κ2) is 44.0. The summed E-state index contributed by atoms with van der Waals surface area (Å²) in [4.78, 5) is 37.9. The number of rotatable bonds is 45. The van der Waals surface area contributed by atoms with E-state index in [-0.39, 0.29) is 31.1 Å². The average Bonchev–Trinajstić information content (AvgIpc) is 3.19. The fourth-order valence-corrected chi connectivity index (χ4v) is 7.60. The molecule has 6 nitrogen and oxygen atoms in total. The minimum absolute atomic E-state index is 0.0642. The van der Waals surface area contributed by atoms with Crippen molar-refractivity contribution < 1.29 is 28.6 Å². The van der Waals surface area contributed by atoms with Crippen molar-refractivity contribution >= 4 is 17.9 Å². The topological polar surface area (TPSA) is 78.9 Å². The normalized spacial score (nSPS) is 12.5. The Bertz CT molecular complexity index is 872. The van der Waals surface area contributed by atoms with Crippen LogP contribution in [0.15, 0.2) is 0 Å². The summed E-state index contributed by atoms with van der Waals surface area (Å²) < 4.78 is 16.8. The van der Waals surface area contributed by atoms with Crippen molar-refractivity contribution in [2.24, 2.45) is 11.8 Å². The summed E-state index contributed by atoms with van der Waals surface area (Å²) in [6.45, 7) is 11.4. The Balaban J connectivity index is 4.32. The Kier molecular flexibility index (Phi) is 42.7. The van der Waals surface area contributed by atoms with Crippen molar-refractivity contribution in [3.05, 3.63) is 0 Å². The molecule has 0 heterocycles. The number of hydrogen-bond donors (Lipinski definition) is 0. The smallest absolute Gasteiger partial charge is 0.306 e. The Morgan fingerprint density at radius 3 is 1.00 bits per heavy atom. The Morgan fingerprint density at radius 1 is 0.368 bits per heavy atom. The van der Waals surface area contributed by atoms with Crippen LogP contribution in [0, 0.1) is 11.8 Å². The molecule has 0 N–H and O–H groups in total. The molecule has 0 fully saturated rings. The third kappa shape index (κ3) is 43.8. The van der Waals surface area contributed by atoms with E-state index >= 15 is 0 Å². The average molecular weight is 807 g/mol. The van der Waals surface area contributed by atoms with Crippen molar-refractivity contribution in [3.8, 4) is 0 Å². The highest BCUT2D eigenvalue weighted by Crippen LogP contribution is 2.18. The molecular formula is C51H98O6. The molecule has 0 amide bonds. The molecule has 0 aromatic rings. The van der Waals surface area contributed by atoms with Gasteiger partial charge in [-0.2, -0.15) is 0 Å². The lowest BCUT2D eigenvalue weighted by molar-refractivity contribution is -0.167. The highest BCUT2D eigenvalue weighted by atomic mass is 16.6. The molecule has 2 atom stereocenters. The maximum Gasteiger partial charge on any atom is 0.306 e. The molecule has 338 valence electrons. The van der Waals surface area contributed by atoms with Crippen LogP contribution in [0.1, 0.15) is 279 Å². The van der Waals surface area contributed by atoms with E-state index in [4.69, 9.17) is 14.2 Å². The molecule has 0 aliphatic carbocycles. The first-order chi connectivity index (χ1) is 27.8. The molecule has 0 aliphatic rings. The molecule has 0 spiro atoms. The fourth-order valence-electron chi connectivity index (χ4n) is 7.60. The van der Waals surface area contributed by atoms with Gasteiger partial charge in [-0.15, -0.1) is 0 Å². The van der Waals surface area contributed by atoms with Crippen molar-refractivity contribution in [1.29, 1.82) is 0 Å². The van der Waals surface area contributed by atoms with Crippen LogP contribution in [0.3, 0.4) is 0 Å². The van der Waals surface area contributed by atoms with Gasteiger partial charge in [0, 0.05) is 19.3 Å². The maximum absolute atomic E-state index is 12.8. The van der Waals surface area contributed by atoms with Crippen LogP contribution in [0.4, 0.5) is 0 Å². The van der Waals surface area contributed by atoms with Crippen LogP contribution < -0.4 is 0 Å². The highest BCUT2D eigenvalue weighted by molar-refractivity contribution is 5.71. The SMILES string of the molecule is CCCCCCCCCCCCCCC(=O)OC[C@H](COC(=O)CCCCCCCCCCCCCCC(C)C)OC(=O)CCCCCCCCCCC(C)CC. The first-order valence-corrected chi connectivity index (χ1v) is 25.3. The molecule has 0 radical (unpaired) electrons. The van der Waals surface area contributed by atoms with E-state index in [1.165, 1.54) is 167 Å². The van der Waals surface area contributed by atoms with Gasteiger partial charge in [-0.05, 0) is 31.1 Å². The lowest BCUT2D eigenvalue weighted by atomic mass is 9.99. The van der Waals surface area contributed by atoms with Gasteiger partial charge in [0.05, 0.1) is 0 Å². The van der Waals surface area contributed by atoms with Crippen molar-refractivity contribution in [2.45, 2.75) is 285 Å². The zero-order chi connectivity index (χ0) is 41.9. The summed E-state index contributed by atoms with van der Waals surface area (Å²) in [5.41, 5.74) is 0. The quantitative estimate of drug-likeness (QED) is 0.0346. The molecule has 6 heteroatoms. The minimum Gasteiger partial charge on any atom is -0.462 e. The molecular weight excluding hydrogens is 709 g/mol. The zero-order valence-corrected chi connectivity index (χ0v) is 39.0. The first kappa shape index (κ1) is 55.4. The fraction of sp³-hybridized carbons (Fsp3) is 0.941. The van der Waals surface area contributed by atoms with Crippen molar-refractivity contribution in [3.63, 3.8) is 0 Å². The van der Waals surface area contributed by atoms with Gasteiger partial charge in [0.15, 0.2) is 6.10 Å². The van der Waals surface area contributed by atoms with Crippen LogP contribution in [0.25, 0.3) is 0 Å². The standard InChI is InChI=1S/C51H98O6/c1-6-8-9-10-11-12-13-17-20-26-31-36-41-49(52)55-44-48(57-51(54)43-38-33-28-23-22-25-30-35-40-47(5)7-2)45-56-50(53)42-37-32-27-21-18-15-14-16-19-24-29-34-39-46(3)4/h46-48H,6-45H2,1-5H3/t47?,48-/m1/s1. The maximum atomic E-state index is 12.8. The molecule has 0 aliphatic heterocycles. The summed E-state index contributed by atoms with van der Waals surface area (Å²) in [5, 5.41) is 0. The van der Waals surface area contributed by atoms with Gasteiger partial charge in [-0.25, -0.2) is 0 Å². The Labute approximate surface area is 355 Å². The molecule has 0 saturated heterocycles. The van der Waals surface area contributed by atoms with Gasteiger partial charge in [0.2, 0.25) is 0 Å². The number of carbonyl (C=O) groups excluding carboxylic acids is 3. The van der Waals surface area contributed by atoms with E-state index in [0.29, 0.717) is 19.3 Å². The van der Waals surface area contributed by atoms with E-state index in [9.17, 15) is 14.4 Å². The third-order valence-corrected chi connectivity index (χ3v) is 11.8. The van der Waals surface area contributed by atoms with Gasteiger partial charge >= 0.3 is 17.9 Å². The molecule has 0 aromatic carbocycles. The zero-order valence-electron chi connectivity index (χ0n) is 39.0. The van der Waals surface area contributed by atoms with Crippen LogP contribution in [-0.4, -0.2) is 37.2 Å². The lowest BCUT2D eigenvalue weighted by Crippen LogP contribution is -2.30. The predicted molar refractivity (Wildman–Crippen MR) is 243 cm³/mol. The third-order valence-electron chi connectivity index (χ3n) is 11.8. The van der Waals surface area contributed by atoms with Crippen LogP contribution in [0.5, 0.6) is 0 Å². The molecule has 1 unspecified atom stereocenters. The summed E-state index contributed by atoms with van der Waals surface area (Å²) >= 11 is 0. The summed E-state index contributed by atoms with van der Waals surface area (Å²) in [6, 6.07) is 0. The van der Waals surface area contributed by atoms with E-state index in [1.54, 1.807) is 0 Å². The minimum atomic E-state index is -0.761. The predicted octanol–water partition coefficient (Wildman–Crippen LogP) is 16.1. The Hall–Kier alpha value is -1.59. The van der Waals surface area contributed by atoms with E-state index in [1.807, 2.05) is 0 Å².